The van der Waals surface area contributed by atoms with Crippen LogP contribution >= 0.6 is 11.6 Å². The summed E-state index contributed by atoms with van der Waals surface area (Å²) >= 11 is 6.36. The van der Waals surface area contributed by atoms with Crippen LogP contribution in [0.15, 0.2) is 48.5 Å². The van der Waals surface area contributed by atoms with Gasteiger partial charge in [-0.25, -0.2) is 4.98 Å². The zero-order valence-corrected chi connectivity index (χ0v) is 13.6. The summed E-state index contributed by atoms with van der Waals surface area (Å²) in [6.07, 6.45) is -0.432. The van der Waals surface area contributed by atoms with Crippen molar-refractivity contribution in [1.82, 2.24) is 10.3 Å². The highest BCUT2D eigenvalue weighted by molar-refractivity contribution is 6.30. The summed E-state index contributed by atoms with van der Waals surface area (Å²) in [4.78, 5) is 16.7. The fourth-order valence-corrected chi connectivity index (χ4v) is 3.09. The molecule has 24 heavy (non-hydrogen) atoms. The fraction of sp³-hybridized carbons (Fsp3) is 0.111. The van der Waals surface area contributed by atoms with Gasteiger partial charge in [-0.05, 0) is 30.3 Å². The second-order valence-corrected chi connectivity index (χ2v) is 5.88. The minimum atomic E-state index is -0.432. The van der Waals surface area contributed by atoms with Crippen molar-refractivity contribution in [2.75, 3.05) is 12.4 Å². The molecule has 0 radical (unpaired) electrons. The fourth-order valence-electron chi connectivity index (χ4n) is 2.83. The number of hydrogen-bond acceptors (Lipinski definition) is 4. The molecule has 4 rings (SSSR count). The molecule has 0 aliphatic carbocycles. The molecule has 5 nitrogen and oxygen atoms in total. The summed E-state index contributed by atoms with van der Waals surface area (Å²) in [5.74, 6) is 0.581. The van der Waals surface area contributed by atoms with Crippen LogP contribution in [0.1, 0.15) is 22.1 Å². The Morgan fingerprint density at radius 3 is 2.79 bits per heavy atom. The van der Waals surface area contributed by atoms with E-state index in [2.05, 4.69) is 15.6 Å². The Morgan fingerprint density at radius 2 is 1.96 bits per heavy atom. The van der Waals surface area contributed by atoms with Gasteiger partial charge in [0.1, 0.15) is 17.1 Å². The molecule has 3 aromatic rings. The number of hydrogen-bond donors (Lipinski definition) is 2. The lowest BCUT2D eigenvalue weighted by molar-refractivity contribution is 0.0935. The lowest BCUT2D eigenvalue weighted by Crippen LogP contribution is -2.38. The standard InChI is InChI=1S/C18H14ClN3O2/c1-24-11-7-6-10-8-13(16(19)20-15(10)9-11)17-21-14-5-3-2-4-12(14)18(23)22-17/h2-9,17,21H,1H3,(H,22,23)/t17-/m0/s1. The smallest absolute Gasteiger partial charge is 0.255 e. The van der Waals surface area contributed by atoms with Crippen LogP contribution in [0.3, 0.4) is 0 Å². The van der Waals surface area contributed by atoms with Gasteiger partial charge in [-0.1, -0.05) is 23.7 Å². The number of nitrogens with one attached hydrogen (secondary N) is 2. The SMILES string of the molecule is COc1ccc2cc([C@@H]3NC(=O)c4ccccc4N3)c(Cl)nc2c1. The maximum Gasteiger partial charge on any atom is 0.255 e. The Morgan fingerprint density at radius 1 is 1.12 bits per heavy atom. The van der Waals surface area contributed by atoms with E-state index in [1.54, 1.807) is 13.2 Å². The highest BCUT2D eigenvalue weighted by Gasteiger charge is 2.26. The first kappa shape index (κ1) is 14.8. The number of amides is 1. The number of halogens is 1. The third-order valence-electron chi connectivity index (χ3n) is 4.06. The van der Waals surface area contributed by atoms with Crippen molar-refractivity contribution in [3.8, 4) is 5.75 Å². The van der Waals surface area contributed by atoms with Crippen LogP contribution in [-0.2, 0) is 0 Å². The molecule has 1 atom stereocenters. The number of pyridine rings is 1. The summed E-state index contributed by atoms with van der Waals surface area (Å²) < 4.78 is 5.21. The van der Waals surface area contributed by atoms with E-state index in [0.717, 1.165) is 27.9 Å². The number of methoxy groups -OCH3 is 1. The number of rotatable bonds is 2. The average Bonchev–Trinajstić information content (AvgIpc) is 2.60. The second kappa shape index (κ2) is 5.69. The zero-order valence-electron chi connectivity index (χ0n) is 12.8. The summed E-state index contributed by atoms with van der Waals surface area (Å²) in [6, 6.07) is 14.9. The highest BCUT2D eigenvalue weighted by Crippen LogP contribution is 2.32. The predicted molar refractivity (Wildman–Crippen MR) is 93.6 cm³/mol. The van der Waals surface area contributed by atoms with E-state index in [9.17, 15) is 4.79 Å². The maximum atomic E-state index is 12.3. The maximum absolute atomic E-state index is 12.3. The molecule has 0 unspecified atom stereocenters. The van der Waals surface area contributed by atoms with E-state index >= 15 is 0 Å². The average molecular weight is 340 g/mol. The van der Waals surface area contributed by atoms with Crippen molar-refractivity contribution in [3.05, 3.63) is 64.8 Å². The van der Waals surface area contributed by atoms with Gasteiger partial charge in [0.05, 0.1) is 18.2 Å². The molecule has 0 fully saturated rings. The van der Waals surface area contributed by atoms with Gasteiger partial charge >= 0.3 is 0 Å². The first-order valence-electron chi connectivity index (χ1n) is 7.46. The van der Waals surface area contributed by atoms with Gasteiger partial charge in [-0.3, -0.25) is 4.79 Å². The lowest BCUT2D eigenvalue weighted by atomic mass is 10.1. The molecule has 0 bridgehead atoms. The second-order valence-electron chi connectivity index (χ2n) is 5.52. The molecule has 1 aliphatic rings. The normalized spacial score (nSPS) is 16.2. The number of carbonyl (C=O) groups excluding carboxylic acids is 1. The Kier molecular flexibility index (Phi) is 3.50. The number of anilines is 1. The van der Waals surface area contributed by atoms with Gasteiger partial charge in [-0.15, -0.1) is 0 Å². The monoisotopic (exact) mass is 339 g/mol. The van der Waals surface area contributed by atoms with Crippen molar-refractivity contribution in [3.63, 3.8) is 0 Å². The topological polar surface area (TPSA) is 63.2 Å². The number of aromatic nitrogens is 1. The molecule has 1 aromatic heterocycles. The van der Waals surface area contributed by atoms with E-state index < -0.39 is 6.17 Å². The van der Waals surface area contributed by atoms with E-state index in [1.807, 2.05) is 42.5 Å². The largest absolute Gasteiger partial charge is 0.497 e. The molecule has 2 aromatic carbocycles. The Bertz CT molecular complexity index is 958. The number of benzene rings is 2. The number of ether oxygens (including phenoxy) is 1. The number of nitrogens with zero attached hydrogens (tertiary/aromatic N) is 1. The molecule has 0 saturated heterocycles. The Balaban J connectivity index is 1.77. The third kappa shape index (κ3) is 2.43. The molecular weight excluding hydrogens is 326 g/mol. The van der Waals surface area contributed by atoms with Gasteiger partial charge < -0.3 is 15.4 Å². The quantitative estimate of drug-likeness (QED) is 0.698. The van der Waals surface area contributed by atoms with E-state index in [-0.39, 0.29) is 5.91 Å². The lowest BCUT2D eigenvalue weighted by Gasteiger charge is -2.28. The number of fused-ring (bicyclic) bond motifs is 2. The molecule has 2 heterocycles. The molecular formula is C18H14ClN3O2. The minimum Gasteiger partial charge on any atom is -0.497 e. The molecule has 6 heteroatoms. The van der Waals surface area contributed by atoms with Crippen LogP contribution in [0.2, 0.25) is 5.15 Å². The molecule has 1 aliphatic heterocycles. The van der Waals surface area contributed by atoms with E-state index in [0.29, 0.717) is 10.7 Å². The van der Waals surface area contributed by atoms with Crippen molar-refractivity contribution >= 4 is 34.1 Å². The van der Waals surface area contributed by atoms with Crippen LogP contribution in [0, 0.1) is 0 Å². The van der Waals surface area contributed by atoms with Gasteiger partial charge in [0.15, 0.2) is 0 Å². The predicted octanol–water partition coefficient (Wildman–Crippen LogP) is 3.75. The molecule has 0 saturated carbocycles. The zero-order chi connectivity index (χ0) is 16.7. The number of para-hydroxylation sites is 1. The molecule has 1 amide bonds. The van der Waals surface area contributed by atoms with Crippen LogP contribution in [-0.4, -0.2) is 18.0 Å². The summed E-state index contributed by atoms with van der Waals surface area (Å²) in [5.41, 5.74) is 2.85. The Hall–Kier alpha value is -2.79. The molecule has 0 spiro atoms. The Labute approximate surface area is 143 Å². The molecule has 2 N–H and O–H groups in total. The highest BCUT2D eigenvalue weighted by atomic mass is 35.5. The van der Waals surface area contributed by atoms with E-state index in [4.69, 9.17) is 16.3 Å². The van der Waals surface area contributed by atoms with Crippen LogP contribution in [0.5, 0.6) is 5.75 Å². The summed E-state index contributed by atoms with van der Waals surface area (Å²) in [6.45, 7) is 0. The van der Waals surface area contributed by atoms with Gasteiger partial charge in [0, 0.05) is 22.7 Å². The van der Waals surface area contributed by atoms with Crippen molar-refractivity contribution < 1.29 is 9.53 Å². The van der Waals surface area contributed by atoms with Crippen molar-refractivity contribution in [2.24, 2.45) is 0 Å². The van der Waals surface area contributed by atoms with Gasteiger partial charge in [-0.2, -0.15) is 0 Å². The summed E-state index contributed by atoms with van der Waals surface area (Å²) in [7, 11) is 1.61. The van der Waals surface area contributed by atoms with Crippen LogP contribution in [0.4, 0.5) is 5.69 Å². The third-order valence-corrected chi connectivity index (χ3v) is 4.37. The van der Waals surface area contributed by atoms with Crippen molar-refractivity contribution in [1.29, 1.82) is 0 Å². The first-order valence-corrected chi connectivity index (χ1v) is 7.84. The van der Waals surface area contributed by atoms with Gasteiger partial charge in [0.2, 0.25) is 0 Å². The van der Waals surface area contributed by atoms with Crippen molar-refractivity contribution in [2.45, 2.75) is 6.17 Å². The molecule has 120 valence electrons. The van der Waals surface area contributed by atoms with Crippen LogP contribution < -0.4 is 15.4 Å². The number of carbonyl (C=O) groups is 1. The summed E-state index contributed by atoms with van der Waals surface area (Å²) in [5, 5.41) is 7.47. The first-order chi connectivity index (χ1) is 11.7. The van der Waals surface area contributed by atoms with Crippen LogP contribution in [0.25, 0.3) is 10.9 Å². The van der Waals surface area contributed by atoms with Gasteiger partial charge in [0.25, 0.3) is 5.91 Å². The van der Waals surface area contributed by atoms with E-state index in [1.165, 1.54) is 0 Å². The minimum absolute atomic E-state index is 0.139.